The third-order valence-electron chi connectivity index (χ3n) is 5.83. The minimum absolute atomic E-state index is 0.553. The maximum Gasteiger partial charge on any atom is 0.136 e. The minimum Gasteiger partial charge on any atom is -0.492 e. The van der Waals surface area contributed by atoms with Crippen LogP contribution in [0.3, 0.4) is 0 Å². The van der Waals surface area contributed by atoms with Crippen molar-refractivity contribution in [3.63, 3.8) is 0 Å². The molecule has 1 aliphatic rings. The molecule has 32 heavy (non-hydrogen) atoms. The number of pyridine rings is 1. The number of halogens is 1. The standard InChI is InChI=1S/C27H28ClN3O/c1-20-12-14-31(15-13-20)16-17-32-25-9-2-21(3-10-25)4-11-27-26(29)18-23(19-30-27)22-5-7-24(28)8-6-22/h2-3,5-10,18-20H,12-17,29H2,1H3. The first kappa shape index (κ1) is 22.2. The van der Waals surface area contributed by atoms with Crippen molar-refractivity contribution in [3.05, 3.63) is 77.1 Å². The quantitative estimate of drug-likeness (QED) is 0.527. The molecule has 2 heterocycles. The number of likely N-dealkylation sites (tertiary alicyclic amines) is 1. The predicted molar refractivity (Wildman–Crippen MR) is 132 cm³/mol. The summed E-state index contributed by atoms with van der Waals surface area (Å²) in [5, 5.41) is 0.699. The van der Waals surface area contributed by atoms with Gasteiger partial charge in [-0.05, 0) is 85.8 Å². The van der Waals surface area contributed by atoms with Crippen molar-refractivity contribution >= 4 is 17.3 Å². The molecule has 2 aromatic carbocycles. The summed E-state index contributed by atoms with van der Waals surface area (Å²) < 4.78 is 5.90. The number of rotatable bonds is 5. The first-order valence-corrected chi connectivity index (χ1v) is 11.4. The lowest BCUT2D eigenvalue weighted by Crippen LogP contribution is -2.35. The summed E-state index contributed by atoms with van der Waals surface area (Å²) in [7, 11) is 0. The highest BCUT2D eigenvalue weighted by molar-refractivity contribution is 6.30. The molecule has 0 bridgehead atoms. The van der Waals surface area contributed by atoms with E-state index in [0.717, 1.165) is 34.9 Å². The van der Waals surface area contributed by atoms with E-state index in [1.807, 2.05) is 54.6 Å². The van der Waals surface area contributed by atoms with E-state index in [1.54, 1.807) is 6.20 Å². The van der Waals surface area contributed by atoms with Crippen molar-refractivity contribution < 1.29 is 4.74 Å². The van der Waals surface area contributed by atoms with E-state index >= 15 is 0 Å². The summed E-state index contributed by atoms with van der Waals surface area (Å²) in [5.41, 5.74) is 10.1. The zero-order valence-corrected chi connectivity index (χ0v) is 19.1. The molecular weight excluding hydrogens is 418 g/mol. The van der Waals surface area contributed by atoms with E-state index in [1.165, 1.54) is 25.9 Å². The van der Waals surface area contributed by atoms with Gasteiger partial charge in [0.1, 0.15) is 18.1 Å². The van der Waals surface area contributed by atoms with E-state index < -0.39 is 0 Å². The van der Waals surface area contributed by atoms with Gasteiger partial charge in [-0.25, -0.2) is 4.98 Å². The average molecular weight is 446 g/mol. The first-order valence-electron chi connectivity index (χ1n) is 11.1. The van der Waals surface area contributed by atoms with Crippen molar-refractivity contribution in [2.75, 3.05) is 32.0 Å². The Morgan fingerprint density at radius 3 is 2.44 bits per heavy atom. The summed E-state index contributed by atoms with van der Waals surface area (Å²) >= 11 is 5.96. The molecule has 1 aliphatic heterocycles. The topological polar surface area (TPSA) is 51.4 Å². The second-order valence-electron chi connectivity index (χ2n) is 8.32. The lowest BCUT2D eigenvalue weighted by Gasteiger charge is -2.29. The SMILES string of the molecule is CC1CCN(CCOc2ccc(C#Cc3ncc(-c4ccc(Cl)cc4)cc3N)cc2)CC1. The van der Waals surface area contributed by atoms with E-state index in [4.69, 9.17) is 22.1 Å². The summed E-state index contributed by atoms with van der Waals surface area (Å²) in [6.45, 7) is 6.37. The zero-order chi connectivity index (χ0) is 22.3. The molecule has 1 saturated heterocycles. The van der Waals surface area contributed by atoms with Crippen LogP contribution >= 0.6 is 11.6 Å². The highest BCUT2D eigenvalue weighted by Gasteiger charge is 2.15. The molecule has 1 aromatic heterocycles. The Labute approximate surface area is 195 Å². The second-order valence-corrected chi connectivity index (χ2v) is 8.75. The first-order chi connectivity index (χ1) is 15.6. The smallest absolute Gasteiger partial charge is 0.136 e. The summed E-state index contributed by atoms with van der Waals surface area (Å²) in [5.74, 6) is 7.93. The Morgan fingerprint density at radius 1 is 1.03 bits per heavy atom. The number of nitrogen functional groups attached to an aromatic ring is 1. The molecule has 0 spiro atoms. The van der Waals surface area contributed by atoms with E-state index in [-0.39, 0.29) is 0 Å². The number of aromatic nitrogens is 1. The van der Waals surface area contributed by atoms with Crippen LogP contribution in [-0.4, -0.2) is 36.1 Å². The molecule has 4 rings (SSSR count). The lowest BCUT2D eigenvalue weighted by molar-refractivity contribution is 0.160. The molecule has 0 atom stereocenters. The second kappa shape index (κ2) is 10.5. The largest absolute Gasteiger partial charge is 0.492 e. The minimum atomic E-state index is 0.553. The van der Waals surface area contributed by atoms with Crippen molar-refractivity contribution in [3.8, 4) is 28.7 Å². The van der Waals surface area contributed by atoms with Crippen LogP contribution < -0.4 is 10.5 Å². The van der Waals surface area contributed by atoms with Gasteiger partial charge in [-0.1, -0.05) is 36.6 Å². The summed E-state index contributed by atoms with van der Waals surface area (Å²) in [4.78, 5) is 6.92. The van der Waals surface area contributed by atoms with Crippen LogP contribution in [0, 0.1) is 17.8 Å². The number of anilines is 1. The third kappa shape index (κ3) is 6.03. The molecule has 1 fully saturated rings. The number of nitrogens with two attached hydrogens (primary N) is 1. The van der Waals surface area contributed by atoms with Gasteiger partial charge < -0.3 is 10.5 Å². The van der Waals surface area contributed by atoms with Gasteiger partial charge in [-0.3, -0.25) is 4.90 Å². The Hall–Kier alpha value is -3.00. The van der Waals surface area contributed by atoms with Crippen molar-refractivity contribution in [1.29, 1.82) is 0 Å². The Morgan fingerprint density at radius 2 is 1.75 bits per heavy atom. The van der Waals surface area contributed by atoms with Crippen LogP contribution in [0.15, 0.2) is 60.8 Å². The normalized spacial score (nSPS) is 14.6. The molecule has 0 saturated carbocycles. The van der Waals surface area contributed by atoms with Crippen LogP contribution in [0.2, 0.25) is 5.02 Å². The van der Waals surface area contributed by atoms with Gasteiger partial charge in [0.15, 0.2) is 0 Å². The maximum absolute atomic E-state index is 6.19. The third-order valence-corrected chi connectivity index (χ3v) is 6.08. The van der Waals surface area contributed by atoms with Crippen molar-refractivity contribution in [1.82, 2.24) is 9.88 Å². The van der Waals surface area contributed by atoms with Crippen LogP contribution in [0.4, 0.5) is 5.69 Å². The Kier molecular flexibility index (Phi) is 7.32. The number of hydrogen-bond acceptors (Lipinski definition) is 4. The zero-order valence-electron chi connectivity index (χ0n) is 18.4. The van der Waals surface area contributed by atoms with Crippen LogP contribution in [0.25, 0.3) is 11.1 Å². The molecule has 0 radical (unpaired) electrons. The fraction of sp³-hybridized carbons (Fsp3) is 0.296. The Bertz CT molecular complexity index is 1090. The molecule has 4 nitrogen and oxygen atoms in total. The monoisotopic (exact) mass is 445 g/mol. The van der Waals surface area contributed by atoms with E-state index in [2.05, 4.69) is 28.6 Å². The average Bonchev–Trinajstić information content (AvgIpc) is 2.81. The molecule has 164 valence electrons. The maximum atomic E-state index is 6.19. The van der Waals surface area contributed by atoms with Gasteiger partial charge in [-0.15, -0.1) is 0 Å². The van der Waals surface area contributed by atoms with Crippen LogP contribution in [0.1, 0.15) is 31.0 Å². The molecule has 2 N–H and O–H groups in total. The number of benzene rings is 2. The predicted octanol–water partition coefficient (Wildman–Crippen LogP) is 5.49. The summed E-state index contributed by atoms with van der Waals surface area (Å²) in [6.07, 6.45) is 4.36. The fourth-order valence-electron chi connectivity index (χ4n) is 3.73. The molecule has 0 amide bonds. The van der Waals surface area contributed by atoms with Crippen LogP contribution in [-0.2, 0) is 0 Å². The van der Waals surface area contributed by atoms with Gasteiger partial charge in [-0.2, -0.15) is 0 Å². The number of nitrogens with zero attached hydrogens (tertiary/aromatic N) is 2. The number of hydrogen-bond donors (Lipinski definition) is 1. The summed E-state index contributed by atoms with van der Waals surface area (Å²) in [6, 6.07) is 17.3. The van der Waals surface area contributed by atoms with Crippen LogP contribution in [0.5, 0.6) is 5.75 Å². The lowest BCUT2D eigenvalue weighted by atomic mass is 9.99. The van der Waals surface area contributed by atoms with Gasteiger partial charge in [0.25, 0.3) is 0 Å². The molecular formula is C27H28ClN3O. The van der Waals surface area contributed by atoms with Crippen molar-refractivity contribution in [2.45, 2.75) is 19.8 Å². The number of piperidine rings is 1. The fourth-order valence-corrected chi connectivity index (χ4v) is 3.86. The van der Waals surface area contributed by atoms with E-state index in [0.29, 0.717) is 23.0 Å². The molecule has 0 aliphatic carbocycles. The molecule has 3 aromatic rings. The van der Waals surface area contributed by atoms with Gasteiger partial charge in [0.2, 0.25) is 0 Å². The van der Waals surface area contributed by atoms with E-state index in [9.17, 15) is 0 Å². The van der Waals surface area contributed by atoms with Gasteiger partial charge in [0.05, 0.1) is 5.69 Å². The van der Waals surface area contributed by atoms with Crippen molar-refractivity contribution in [2.24, 2.45) is 5.92 Å². The highest BCUT2D eigenvalue weighted by atomic mass is 35.5. The van der Waals surface area contributed by atoms with Gasteiger partial charge >= 0.3 is 0 Å². The highest BCUT2D eigenvalue weighted by Crippen LogP contribution is 2.24. The van der Waals surface area contributed by atoms with Gasteiger partial charge in [0, 0.05) is 28.9 Å². The molecule has 0 unspecified atom stereocenters. The molecule has 5 heteroatoms. The Balaban J connectivity index is 1.33. The number of ether oxygens (including phenoxy) is 1.